The Kier molecular flexibility index (Phi) is 4.25. The van der Waals surface area contributed by atoms with Gasteiger partial charge in [-0.2, -0.15) is 0 Å². The molecule has 2 aromatic rings. The predicted molar refractivity (Wildman–Crippen MR) is 71.7 cm³/mol. The minimum absolute atomic E-state index is 0.222. The van der Waals surface area contributed by atoms with E-state index < -0.39 is 0 Å². The van der Waals surface area contributed by atoms with E-state index in [9.17, 15) is 4.39 Å². The van der Waals surface area contributed by atoms with Crippen LogP contribution in [0.25, 0.3) is 0 Å². The van der Waals surface area contributed by atoms with Crippen LogP contribution < -0.4 is 5.32 Å². The predicted octanol–water partition coefficient (Wildman–Crippen LogP) is 3.55. The highest BCUT2D eigenvalue weighted by molar-refractivity contribution is 9.10. The maximum atomic E-state index is 13.1. The minimum atomic E-state index is -0.229. The van der Waals surface area contributed by atoms with Gasteiger partial charge in [0.2, 0.25) is 0 Å². The molecule has 0 bridgehead atoms. The molecule has 0 aliphatic rings. The second-order valence-electron chi connectivity index (χ2n) is 3.70. The summed E-state index contributed by atoms with van der Waals surface area (Å²) in [5.74, 6) is -0.229. The van der Waals surface area contributed by atoms with Crippen LogP contribution in [0.1, 0.15) is 16.5 Å². The standard InChI is InChI=1S/C12H12BrFN2S/c1-15-11(12-6-16-7-17-12)5-8-2-3-10(14)9(13)4-8/h2-4,6-7,11,15H,5H2,1H3. The van der Waals surface area contributed by atoms with Crippen LogP contribution in [-0.4, -0.2) is 12.0 Å². The minimum Gasteiger partial charge on any atom is -0.312 e. The van der Waals surface area contributed by atoms with Crippen molar-refractivity contribution in [2.24, 2.45) is 0 Å². The van der Waals surface area contributed by atoms with Crippen LogP contribution >= 0.6 is 27.3 Å². The fraction of sp³-hybridized carbons (Fsp3) is 0.250. The monoisotopic (exact) mass is 314 g/mol. The number of halogens is 2. The molecular weight excluding hydrogens is 303 g/mol. The average Bonchev–Trinajstić information content (AvgIpc) is 2.84. The van der Waals surface area contributed by atoms with E-state index in [-0.39, 0.29) is 11.9 Å². The molecule has 0 amide bonds. The largest absolute Gasteiger partial charge is 0.312 e. The highest BCUT2D eigenvalue weighted by Gasteiger charge is 2.12. The van der Waals surface area contributed by atoms with E-state index >= 15 is 0 Å². The molecule has 1 unspecified atom stereocenters. The molecule has 1 N–H and O–H groups in total. The van der Waals surface area contributed by atoms with Gasteiger partial charge in [0.15, 0.2) is 0 Å². The van der Waals surface area contributed by atoms with Gasteiger partial charge in [0.05, 0.1) is 9.98 Å². The summed E-state index contributed by atoms with van der Waals surface area (Å²) in [6, 6.07) is 5.34. The molecule has 0 aliphatic heterocycles. The molecule has 0 fully saturated rings. The van der Waals surface area contributed by atoms with Crippen LogP contribution in [0.4, 0.5) is 4.39 Å². The third kappa shape index (κ3) is 3.12. The highest BCUT2D eigenvalue weighted by Crippen LogP contribution is 2.24. The third-order valence-corrected chi connectivity index (χ3v) is 4.06. The Morgan fingerprint density at radius 1 is 1.53 bits per heavy atom. The summed E-state index contributed by atoms with van der Waals surface area (Å²) in [6.45, 7) is 0. The van der Waals surface area contributed by atoms with E-state index in [4.69, 9.17) is 0 Å². The molecule has 1 atom stereocenters. The van der Waals surface area contributed by atoms with Gasteiger partial charge in [-0.05, 0) is 47.1 Å². The van der Waals surface area contributed by atoms with Gasteiger partial charge in [0.25, 0.3) is 0 Å². The van der Waals surface area contributed by atoms with Crippen LogP contribution in [0.3, 0.4) is 0 Å². The molecule has 0 saturated carbocycles. The van der Waals surface area contributed by atoms with E-state index in [1.54, 1.807) is 11.3 Å². The lowest BCUT2D eigenvalue weighted by molar-refractivity contribution is 0.595. The van der Waals surface area contributed by atoms with Crippen LogP contribution in [0, 0.1) is 5.82 Å². The van der Waals surface area contributed by atoms with Gasteiger partial charge in [0, 0.05) is 17.1 Å². The molecular formula is C12H12BrFN2S. The van der Waals surface area contributed by atoms with E-state index in [1.165, 1.54) is 10.9 Å². The number of hydrogen-bond acceptors (Lipinski definition) is 3. The zero-order valence-corrected chi connectivity index (χ0v) is 11.7. The topological polar surface area (TPSA) is 24.9 Å². The van der Waals surface area contributed by atoms with Crippen molar-refractivity contribution in [3.8, 4) is 0 Å². The third-order valence-electron chi connectivity index (χ3n) is 2.57. The van der Waals surface area contributed by atoms with Gasteiger partial charge in [-0.1, -0.05) is 6.07 Å². The van der Waals surface area contributed by atoms with Crippen molar-refractivity contribution >= 4 is 27.3 Å². The summed E-state index contributed by atoms with van der Waals surface area (Å²) in [5.41, 5.74) is 2.91. The Morgan fingerprint density at radius 3 is 2.94 bits per heavy atom. The van der Waals surface area contributed by atoms with Crippen LogP contribution in [-0.2, 0) is 6.42 Å². The van der Waals surface area contributed by atoms with Gasteiger partial charge >= 0.3 is 0 Å². The summed E-state index contributed by atoms with van der Waals surface area (Å²) in [7, 11) is 1.92. The molecule has 0 aliphatic carbocycles. The molecule has 0 radical (unpaired) electrons. The molecule has 0 spiro atoms. The first-order valence-electron chi connectivity index (χ1n) is 5.20. The number of benzene rings is 1. The molecule has 17 heavy (non-hydrogen) atoms. The molecule has 0 saturated heterocycles. The Labute approximate surface area is 112 Å². The van der Waals surface area contributed by atoms with Crippen molar-refractivity contribution in [1.29, 1.82) is 0 Å². The summed E-state index contributed by atoms with van der Waals surface area (Å²) in [6.07, 6.45) is 2.68. The van der Waals surface area contributed by atoms with Gasteiger partial charge in [-0.25, -0.2) is 4.39 Å². The smallest absolute Gasteiger partial charge is 0.137 e. The summed E-state index contributed by atoms with van der Waals surface area (Å²) >= 11 is 4.82. The van der Waals surface area contributed by atoms with E-state index in [1.807, 2.05) is 30.9 Å². The molecule has 1 aromatic heterocycles. The van der Waals surface area contributed by atoms with Gasteiger partial charge in [-0.3, -0.25) is 4.98 Å². The van der Waals surface area contributed by atoms with E-state index in [2.05, 4.69) is 26.2 Å². The van der Waals surface area contributed by atoms with Crippen LogP contribution in [0.15, 0.2) is 34.4 Å². The molecule has 90 valence electrons. The molecule has 1 heterocycles. The Balaban J connectivity index is 2.16. The quantitative estimate of drug-likeness (QED) is 0.933. The summed E-state index contributed by atoms with van der Waals surface area (Å²) < 4.78 is 13.6. The number of rotatable bonds is 4. The lowest BCUT2D eigenvalue weighted by Gasteiger charge is -2.14. The van der Waals surface area contributed by atoms with Crippen molar-refractivity contribution in [1.82, 2.24) is 10.3 Å². The number of hydrogen-bond donors (Lipinski definition) is 1. The fourth-order valence-electron chi connectivity index (χ4n) is 1.64. The number of aromatic nitrogens is 1. The van der Waals surface area contributed by atoms with E-state index in [0.29, 0.717) is 4.47 Å². The zero-order valence-electron chi connectivity index (χ0n) is 9.28. The number of nitrogens with zero attached hydrogens (tertiary/aromatic N) is 1. The molecule has 1 aromatic carbocycles. The number of likely N-dealkylation sites (N-methyl/N-ethyl adjacent to an activating group) is 1. The summed E-state index contributed by atoms with van der Waals surface area (Å²) in [4.78, 5) is 5.26. The number of nitrogens with one attached hydrogen (secondary N) is 1. The Hall–Kier alpha value is -0.780. The van der Waals surface area contributed by atoms with Crippen molar-refractivity contribution in [3.63, 3.8) is 0 Å². The van der Waals surface area contributed by atoms with Crippen molar-refractivity contribution in [2.45, 2.75) is 12.5 Å². The first-order valence-corrected chi connectivity index (χ1v) is 6.87. The molecule has 2 nitrogen and oxygen atoms in total. The lowest BCUT2D eigenvalue weighted by atomic mass is 10.1. The van der Waals surface area contributed by atoms with E-state index in [0.717, 1.165) is 12.0 Å². The zero-order chi connectivity index (χ0) is 12.3. The second kappa shape index (κ2) is 5.71. The first kappa shape index (κ1) is 12.7. The van der Waals surface area contributed by atoms with Crippen molar-refractivity contribution < 1.29 is 4.39 Å². The van der Waals surface area contributed by atoms with Crippen LogP contribution in [0.2, 0.25) is 0 Å². The lowest BCUT2D eigenvalue weighted by Crippen LogP contribution is -2.17. The number of thiazole rings is 1. The SMILES string of the molecule is CNC(Cc1ccc(F)c(Br)c1)c1cncs1. The average molecular weight is 315 g/mol. The normalized spacial score (nSPS) is 12.6. The highest BCUT2D eigenvalue weighted by atomic mass is 79.9. The molecule has 5 heteroatoms. The fourth-order valence-corrected chi connectivity index (χ4v) is 2.80. The maximum Gasteiger partial charge on any atom is 0.137 e. The summed E-state index contributed by atoms with van der Waals surface area (Å²) in [5, 5.41) is 3.25. The van der Waals surface area contributed by atoms with Gasteiger partial charge < -0.3 is 5.32 Å². The van der Waals surface area contributed by atoms with Crippen molar-refractivity contribution in [2.75, 3.05) is 7.05 Å². The van der Waals surface area contributed by atoms with Gasteiger partial charge in [-0.15, -0.1) is 11.3 Å². The van der Waals surface area contributed by atoms with Gasteiger partial charge in [0.1, 0.15) is 5.82 Å². The maximum absolute atomic E-state index is 13.1. The van der Waals surface area contributed by atoms with Crippen LogP contribution in [0.5, 0.6) is 0 Å². The Morgan fingerprint density at radius 2 is 2.35 bits per heavy atom. The second-order valence-corrected chi connectivity index (χ2v) is 5.47. The van der Waals surface area contributed by atoms with Crippen molar-refractivity contribution in [3.05, 3.63) is 50.6 Å². The Bertz CT molecular complexity index is 487. The first-order chi connectivity index (χ1) is 8.20. The molecule has 2 rings (SSSR count).